The fourth-order valence-electron chi connectivity index (χ4n) is 2.11. The van der Waals surface area contributed by atoms with Crippen LogP contribution in [0.2, 0.25) is 0 Å². The lowest BCUT2D eigenvalue weighted by Crippen LogP contribution is -2.40. The van der Waals surface area contributed by atoms with Crippen molar-refractivity contribution in [3.05, 3.63) is 60.4 Å². The first-order valence-corrected chi connectivity index (χ1v) is 6.55. The van der Waals surface area contributed by atoms with E-state index < -0.39 is 0 Å². The number of nitrogens with zero attached hydrogens (tertiary/aromatic N) is 2. The first-order valence-electron chi connectivity index (χ1n) is 6.55. The Balaban J connectivity index is 2.02. The smallest absolute Gasteiger partial charge is 0.168 e. The molecule has 0 N–H and O–H groups in total. The second kappa shape index (κ2) is 6.20. The number of benzene rings is 1. The first-order chi connectivity index (χ1) is 8.79. The lowest BCUT2D eigenvalue weighted by Gasteiger charge is -2.21. The summed E-state index contributed by atoms with van der Waals surface area (Å²) in [7, 11) is 0. The van der Waals surface area contributed by atoms with E-state index in [0.29, 0.717) is 0 Å². The van der Waals surface area contributed by atoms with E-state index in [1.165, 1.54) is 11.3 Å². The van der Waals surface area contributed by atoms with Gasteiger partial charge in [-0.05, 0) is 31.5 Å². The van der Waals surface area contributed by atoms with Crippen molar-refractivity contribution >= 4 is 5.69 Å². The predicted octanol–water partition coefficient (Wildman–Crippen LogP) is 2.81. The molecule has 0 spiro atoms. The van der Waals surface area contributed by atoms with E-state index in [-0.39, 0.29) is 0 Å². The number of anilines is 1. The second-order valence-corrected chi connectivity index (χ2v) is 4.53. The number of aromatic nitrogens is 1. The van der Waals surface area contributed by atoms with Gasteiger partial charge in [0.15, 0.2) is 18.9 Å². The summed E-state index contributed by atoms with van der Waals surface area (Å²) in [4.78, 5) is 2.41. The van der Waals surface area contributed by atoms with Crippen molar-refractivity contribution in [2.45, 2.75) is 20.4 Å². The molecule has 2 nitrogen and oxygen atoms in total. The van der Waals surface area contributed by atoms with E-state index in [0.717, 1.165) is 19.6 Å². The predicted molar refractivity (Wildman–Crippen MR) is 75.7 cm³/mol. The highest BCUT2D eigenvalue weighted by Gasteiger charge is 2.07. The number of likely N-dealkylation sites (N-methyl/N-ethyl adjacent to an activating group) is 1. The maximum atomic E-state index is 2.41. The van der Waals surface area contributed by atoms with Gasteiger partial charge in [-0.2, -0.15) is 0 Å². The van der Waals surface area contributed by atoms with Crippen LogP contribution in [0.15, 0.2) is 54.9 Å². The summed E-state index contributed by atoms with van der Waals surface area (Å²) in [6.07, 6.45) is 4.23. The van der Waals surface area contributed by atoms with Crippen LogP contribution in [0.3, 0.4) is 0 Å². The lowest BCUT2D eigenvalue weighted by molar-refractivity contribution is -0.694. The third-order valence-electron chi connectivity index (χ3n) is 3.15. The van der Waals surface area contributed by atoms with Gasteiger partial charge in [0.1, 0.15) is 0 Å². The molecule has 1 aromatic heterocycles. The number of rotatable bonds is 5. The van der Waals surface area contributed by atoms with Crippen LogP contribution in [0.1, 0.15) is 12.5 Å². The van der Waals surface area contributed by atoms with Crippen molar-refractivity contribution in [2.75, 3.05) is 18.0 Å². The van der Waals surface area contributed by atoms with Gasteiger partial charge in [0.2, 0.25) is 0 Å². The fourth-order valence-corrected chi connectivity index (χ4v) is 2.11. The van der Waals surface area contributed by atoms with Gasteiger partial charge in [-0.3, -0.25) is 0 Å². The topological polar surface area (TPSA) is 7.12 Å². The van der Waals surface area contributed by atoms with Crippen molar-refractivity contribution in [1.29, 1.82) is 0 Å². The molecule has 1 heterocycles. The van der Waals surface area contributed by atoms with Gasteiger partial charge in [-0.1, -0.05) is 18.2 Å². The first kappa shape index (κ1) is 12.6. The molecule has 0 aliphatic rings. The average molecular weight is 241 g/mol. The average Bonchev–Trinajstić information content (AvgIpc) is 2.41. The fraction of sp³-hybridized carbons (Fsp3) is 0.312. The Morgan fingerprint density at radius 3 is 2.50 bits per heavy atom. The van der Waals surface area contributed by atoms with Gasteiger partial charge in [0.05, 0.1) is 6.54 Å². The van der Waals surface area contributed by atoms with E-state index in [9.17, 15) is 0 Å². The molecule has 0 atom stereocenters. The van der Waals surface area contributed by atoms with Crippen LogP contribution >= 0.6 is 0 Å². The third kappa shape index (κ3) is 3.33. The molecule has 0 bridgehead atoms. The molecule has 0 amide bonds. The molecule has 94 valence electrons. The van der Waals surface area contributed by atoms with Crippen molar-refractivity contribution < 1.29 is 4.57 Å². The summed E-state index contributed by atoms with van der Waals surface area (Å²) in [6.45, 7) is 7.44. The summed E-state index contributed by atoms with van der Waals surface area (Å²) < 4.78 is 2.22. The third-order valence-corrected chi connectivity index (χ3v) is 3.15. The van der Waals surface area contributed by atoms with Crippen molar-refractivity contribution in [3.8, 4) is 0 Å². The number of hydrogen-bond acceptors (Lipinski definition) is 1. The molecule has 18 heavy (non-hydrogen) atoms. The zero-order valence-corrected chi connectivity index (χ0v) is 11.2. The summed E-state index contributed by atoms with van der Waals surface area (Å²) in [5, 5.41) is 0. The molecule has 2 rings (SSSR count). The summed E-state index contributed by atoms with van der Waals surface area (Å²) >= 11 is 0. The summed E-state index contributed by atoms with van der Waals surface area (Å²) in [5.41, 5.74) is 2.63. The molecule has 0 aliphatic heterocycles. The van der Waals surface area contributed by atoms with Gasteiger partial charge in [0.25, 0.3) is 0 Å². The highest BCUT2D eigenvalue weighted by molar-refractivity contribution is 5.48. The van der Waals surface area contributed by atoms with E-state index in [4.69, 9.17) is 0 Å². The van der Waals surface area contributed by atoms with Crippen LogP contribution in [0.5, 0.6) is 0 Å². The van der Waals surface area contributed by atoms with Crippen LogP contribution in [-0.4, -0.2) is 13.1 Å². The van der Waals surface area contributed by atoms with E-state index in [2.05, 4.69) is 78.2 Å². The Bertz CT molecular complexity index is 479. The van der Waals surface area contributed by atoms with Gasteiger partial charge in [0, 0.05) is 24.4 Å². The van der Waals surface area contributed by atoms with Gasteiger partial charge in [-0.25, -0.2) is 4.57 Å². The van der Waals surface area contributed by atoms with Crippen LogP contribution in [0.4, 0.5) is 5.69 Å². The quantitative estimate of drug-likeness (QED) is 0.730. The minimum Gasteiger partial charge on any atom is -0.365 e. The summed E-state index contributed by atoms with van der Waals surface area (Å²) in [5.74, 6) is 0. The van der Waals surface area contributed by atoms with Crippen molar-refractivity contribution in [3.63, 3.8) is 0 Å². The standard InChI is InChI=1S/C16H21N2/c1-3-18(16-9-7-8-15(2)14-16)13-12-17-10-5-4-6-11-17/h4-11,14H,3,12-13H2,1-2H3/q+1. The maximum Gasteiger partial charge on any atom is 0.168 e. The SMILES string of the molecule is CCN(CC[n+]1ccccc1)c1cccc(C)c1. The zero-order chi connectivity index (χ0) is 12.8. The molecular formula is C16H21N2+. The van der Waals surface area contributed by atoms with E-state index in [1.807, 2.05) is 0 Å². The van der Waals surface area contributed by atoms with E-state index in [1.54, 1.807) is 0 Å². The minimum atomic E-state index is 1.02. The van der Waals surface area contributed by atoms with Gasteiger partial charge >= 0.3 is 0 Å². The van der Waals surface area contributed by atoms with E-state index >= 15 is 0 Å². The number of hydrogen-bond donors (Lipinski definition) is 0. The largest absolute Gasteiger partial charge is 0.365 e. The number of aryl methyl sites for hydroxylation is 1. The highest BCUT2D eigenvalue weighted by Crippen LogP contribution is 2.15. The van der Waals surface area contributed by atoms with Crippen molar-refractivity contribution in [1.82, 2.24) is 0 Å². The Hall–Kier alpha value is -1.83. The molecule has 0 saturated heterocycles. The Morgan fingerprint density at radius 2 is 1.83 bits per heavy atom. The zero-order valence-electron chi connectivity index (χ0n) is 11.2. The molecule has 2 aromatic rings. The molecule has 1 aromatic carbocycles. The summed E-state index contributed by atoms with van der Waals surface area (Å²) in [6, 6.07) is 14.9. The van der Waals surface area contributed by atoms with Crippen molar-refractivity contribution in [2.24, 2.45) is 0 Å². The molecule has 0 aliphatic carbocycles. The Kier molecular flexibility index (Phi) is 4.35. The Labute approximate surface area is 110 Å². The van der Waals surface area contributed by atoms with Gasteiger partial charge in [-0.15, -0.1) is 0 Å². The highest BCUT2D eigenvalue weighted by atomic mass is 15.1. The molecule has 0 unspecified atom stereocenters. The Morgan fingerprint density at radius 1 is 1.06 bits per heavy atom. The van der Waals surface area contributed by atoms with Crippen LogP contribution in [0.25, 0.3) is 0 Å². The minimum absolute atomic E-state index is 1.02. The molecule has 0 fully saturated rings. The van der Waals surface area contributed by atoms with Crippen LogP contribution < -0.4 is 9.47 Å². The second-order valence-electron chi connectivity index (χ2n) is 4.53. The molecule has 2 heteroatoms. The lowest BCUT2D eigenvalue weighted by atomic mass is 10.2. The molecule has 0 saturated carbocycles. The van der Waals surface area contributed by atoms with Gasteiger partial charge < -0.3 is 4.90 Å². The van der Waals surface area contributed by atoms with Crippen LogP contribution in [-0.2, 0) is 6.54 Å². The normalized spacial score (nSPS) is 10.3. The number of pyridine rings is 1. The maximum absolute atomic E-state index is 2.41. The molecule has 0 radical (unpaired) electrons. The van der Waals surface area contributed by atoms with Crippen LogP contribution in [0, 0.1) is 6.92 Å². The monoisotopic (exact) mass is 241 g/mol. The molecular weight excluding hydrogens is 220 g/mol.